The summed E-state index contributed by atoms with van der Waals surface area (Å²) in [6.45, 7) is 3.83. The van der Waals surface area contributed by atoms with E-state index in [1.54, 1.807) is 24.3 Å². The van der Waals surface area contributed by atoms with E-state index in [0.29, 0.717) is 12.3 Å². The van der Waals surface area contributed by atoms with E-state index in [4.69, 9.17) is 4.74 Å². The van der Waals surface area contributed by atoms with E-state index < -0.39 is 11.9 Å². The van der Waals surface area contributed by atoms with E-state index in [-0.39, 0.29) is 18.0 Å². The molecule has 150 valence electrons. The van der Waals surface area contributed by atoms with Crippen LogP contribution in [0.3, 0.4) is 0 Å². The molecule has 1 aromatic carbocycles. The number of hydrogen-bond donors (Lipinski definition) is 1. The molecule has 0 saturated heterocycles. The summed E-state index contributed by atoms with van der Waals surface area (Å²) in [6, 6.07) is 6.75. The molecule has 0 heterocycles. The summed E-state index contributed by atoms with van der Waals surface area (Å²) in [6.07, 6.45) is 8.94. The van der Waals surface area contributed by atoms with E-state index in [0.717, 1.165) is 43.4 Å². The van der Waals surface area contributed by atoms with Crippen LogP contribution in [0, 0.1) is 0 Å². The van der Waals surface area contributed by atoms with Crippen molar-refractivity contribution in [1.29, 1.82) is 0 Å². The maximum atomic E-state index is 11.9. The van der Waals surface area contributed by atoms with E-state index in [1.165, 1.54) is 19.1 Å². The number of unbranched alkanes of at least 4 members (excludes halogenated alkanes) is 3. The van der Waals surface area contributed by atoms with E-state index in [1.807, 2.05) is 0 Å². The summed E-state index contributed by atoms with van der Waals surface area (Å²) in [7, 11) is 0. The maximum Gasteiger partial charge on any atom is 0.330 e. The van der Waals surface area contributed by atoms with Crippen LogP contribution in [0.1, 0.15) is 45.1 Å². The van der Waals surface area contributed by atoms with Gasteiger partial charge in [-0.3, -0.25) is 14.4 Å². The van der Waals surface area contributed by atoms with Gasteiger partial charge in [0.25, 0.3) is 0 Å². The summed E-state index contributed by atoms with van der Waals surface area (Å²) >= 11 is 0. The van der Waals surface area contributed by atoms with Crippen LogP contribution in [0.15, 0.2) is 48.6 Å². The van der Waals surface area contributed by atoms with Gasteiger partial charge >= 0.3 is 5.97 Å². The largest absolute Gasteiger partial charge is 0.463 e. The smallest absolute Gasteiger partial charge is 0.330 e. The predicted octanol–water partition coefficient (Wildman–Crippen LogP) is 3.56. The van der Waals surface area contributed by atoms with Crippen LogP contribution >= 0.6 is 0 Å². The first-order valence-corrected chi connectivity index (χ1v) is 9.37. The van der Waals surface area contributed by atoms with Crippen molar-refractivity contribution in [3.05, 3.63) is 54.1 Å². The van der Waals surface area contributed by atoms with Gasteiger partial charge in [0.1, 0.15) is 0 Å². The number of nitrogens with one attached hydrogen (secondary N) is 1. The lowest BCUT2D eigenvalue weighted by Crippen LogP contribution is -2.08. The van der Waals surface area contributed by atoms with Crippen LogP contribution in [-0.2, 0) is 30.3 Å². The molecule has 0 bridgehead atoms. The van der Waals surface area contributed by atoms with Gasteiger partial charge in [-0.25, -0.2) is 4.79 Å². The summed E-state index contributed by atoms with van der Waals surface area (Å²) in [5, 5.41) is 2.61. The zero-order chi connectivity index (χ0) is 20.8. The molecule has 0 fully saturated rings. The third-order valence-corrected chi connectivity index (χ3v) is 3.72. The third kappa shape index (κ3) is 10.9. The Hall–Kier alpha value is -3.02. The molecule has 6 heteroatoms. The first-order valence-electron chi connectivity index (χ1n) is 9.37. The molecule has 1 N–H and O–H groups in total. The molecular formula is C22H27NO5. The minimum absolute atomic E-state index is 0.138. The first-order chi connectivity index (χ1) is 13.4. The fourth-order valence-electron chi connectivity index (χ4n) is 2.25. The number of anilines is 1. The average Bonchev–Trinajstić information content (AvgIpc) is 2.66. The van der Waals surface area contributed by atoms with Gasteiger partial charge in [0, 0.05) is 24.3 Å². The minimum Gasteiger partial charge on any atom is -0.463 e. The molecule has 0 aliphatic rings. The molecule has 0 saturated carbocycles. The van der Waals surface area contributed by atoms with Gasteiger partial charge in [-0.15, -0.1) is 0 Å². The van der Waals surface area contributed by atoms with Crippen LogP contribution < -0.4 is 5.32 Å². The van der Waals surface area contributed by atoms with Gasteiger partial charge in [0.2, 0.25) is 5.91 Å². The molecule has 0 aromatic heterocycles. The molecule has 1 aromatic rings. The topological polar surface area (TPSA) is 89.5 Å². The molecule has 28 heavy (non-hydrogen) atoms. The molecule has 0 spiro atoms. The van der Waals surface area contributed by atoms with Gasteiger partial charge in [-0.05, 0) is 43.2 Å². The zero-order valence-electron chi connectivity index (χ0n) is 16.4. The van der Waals surface area contributed by atoms with Gasteiger partial charge in [0.15, 0.2) is 11.6 Å². The Morgan fingerprint density at radius 3 is 2.29 bits per heavy atom. The van der Waals surface area contributed by atoms with Crippen molar-refractivity contribution in [2.45, 2.75) is 46.0 Å². The quantitative estimate of drug-likeness (QED) is 0.338. The van der Waals surface area contributed by atoms with Crippen molar-refractivity contribution < 1.29 is 23.9 Å². The molecule has 0 atom stereocenters. The van der Waals surface area contributed by atoms with Gasteiger partial charge in [-0.1, -0.05) is 38.3 Å². The predicted molar refractivity (Wildman–Crippen MR) is 108 cm³/mol. The number of ketones is 2. The highest BCUT2D eigenvalue weighted by Gasteiger charge is 2.04. The lowest BCUT2D eigenvalue weighted by atomic mass is 10.1. The number of amides is 1. The highest BCUT2D eigenvalue weighted by atomic mass is 16.5. The normalized spacial score (nSPS) is 10.9. The number of carbonyl (C=O) groups is 4. The number of ether oxygens (including phenoxy) is 1. The van der Waals surface area contributed by atoms with Crippen LogP contribution in [0.2, 0.25) is 0 Å². The average molecular weight is 385 g/mol. The van der Waals surface area contributed by atoms with Crippen molar-refractivity contribution in [3.8, 4) is 0 Å². The van der Waals surface area contributed by atoms with E-state index in [9.17, 15) is 19.2 Å². The Bertz CT molecular complexity index is 732. The number of rotatable bonds is 12. The molecule has 1 amide bonds. The van der Waals surface area contributed by atoms with Gasteiger partial charge < -0.3 is 10.1 Å². The molecule has 0 unspecified atom stereocenters. The second kappa shape index (κ2) is 13.2. The highest BCUT2D eigenvalue weighted by Crippen LogP contribution is 2.10. The molecule has 1 rings (SSSR count). The van der Waals surface area contributed by atoms with Crippen LogP contribution in [-0.4, -0.2) is 30.0 Å². The second-order valence-corrected chi connectivity index (χ2v) is 6.33. The molecule has 0 aliphatic heterocycles. The fraction of sp³-hybridized carbons (Fsp3) is 0.364. The number of hydrogen-bond acceptors (Lipinski definition) is 5. The number of allylic oxidation sites excluding steroid dienone is 2. The monoisotopic (exact) mass is 385 g/mol. The van der Waals surface area contributed by atoms with Crippen LogP contribution in [0.25, 0.3) is 0 Å². The van der Waals surface area contributed by atoms with Crippen molar-refractivity contribution in [2.75, 3.05) is 11.9 Å². The van der Waals surface area contributed by atoms with Crippen molar-refractivity contribution in [1.82, 2.24) is 0 Å². The second-order valence-electron chi connectivity index (χ2n) is 6.33. The van der Waals surface area contributed by atoms with Crippen molar-refractivity contribution in [2.24, 2.45) is 0 Å². The Kier molecular flexibility index (Phi) is 10.8. The molecule has 6 nitrogen and oxygen atoms in total. The third-order valence-electron chi connectivity index (χ3n) is 3.72. The Morgan fingerprint density at radius 1 is 0.929 bits per heavy atom. The molecular weight excluding hydrogens is 358 g/mol. The lowest BCUT2D eigenvalue weighted by molar-refractivity contribution is -0.138. The molecule has 0 aliphatic carbocycles. The zero-order valence-corrected chi connectivity index (χ0v) is 16.4. The first kappa shape index (κ1) is 23.0. The maximum absolute atomic E-state index is 11.9. The number of esters is 1. The SMILES string of the molecule is CCCCCCOC(=O)/C=C\C(=O)Cc1ccc(NC(=O)/C=C\C(C)=O)cc1. The Morgan fingerprint density at radius 2 is 1.64 bits per heavy atom. The van der Waals surface area contributed by atoms with Gasteiger partial charge in [-0.2, -0.15) is 0 Å². The van der Waals surface area contributed by atoms with Gasteiger partial charge in [0.05, 0.1) is 6.61 Å². The summed E-state index contributed by atoms with van der Waals surface area (Å²) in [5.41, 5.74) is 1.30. The lowest BCUT2D eigenvalue weighted by Gasteiger charge is -2.04. The Balaban J connectivity index is 2.40. The summed E-state index contributed by atoms with van der Waals surface area (Å²) in [4.78, 5) is 45.9. The minimum atomic E-state index is -0.512. The highest BCUT2D eigenvalue weighted by molar-refractivity contribution is 6.03. The van der Waals surface area contributed by atoms with Crippen LogP contribution in [0.4, 0.5) is 5.69 Å². The standard InChI is InChI=1S/C22H27NO5/c1-3-4-5-6-15-28-22(27)14-12-20(25)16-18-8-10-19(11-9-18)23-21(26)13-7-17(2)24/h7-14H,3-6,15-16H2,1-2H3,(H,23,26)/b13-7-,14-12-. The van der Waals surface area contributed by atoms with E-state index >= 15 is 0 Å². The van der Waals surface area contributed by atoms with E-state index in [2.05, 4.69) is 12.2 Å². The van der Waals surface area contributed by atoms with Crippen molar-refractivity contribution >= 4 is 29.1 Å². The van der Waals surface area contributed by atoms with Crippen LogP contribution in [0.5, 0.6) is 0 Å². The summed E-state index contributed by atoms with van der Waals surface area (Å²) < 4.78 is 5.03. The van der Waals surface area contributed by atoms with Crippen molar-refractivity contribution in [3.63, 3.8) is 0 Å². The molecule has 0 radical (unpaired) electrons. The summed E-state index contributed by atoms with van der Waals surface area (Å²) in [5.74, 6) is -1.35. The number of benzene rings is 1. The number of carbonyl (C=O) groups excluding carboxylic acids is 4. The fourth-order valence-corrected chi connectivity index (χ4v) is 2.25. The Labute approximate surface area is 165 Å².